The molecule has 1 aromatic carbocycles. The van der Waals surface area contributed by atoms with Crippen LogP contribution in [-0.2, 0) is 11.3 Å². The first kappa shape index (κ1) is 14.4. The summed E-state index contributed by atoms with van der Waals surface area (Å²) in [5.74, 6) is 0.173. The Hall–Kier alpha value is -1.99. The molecule has 2 N–H and O–H groups in total. The number of hydrogen-bond donors (Lipinski definition) is 2. The number of hydrogen-bond acceptors (Lipinski definition) is 6. The van der Waals surface area contributed by atoms with Gasteiger partial charge in [0, 0.05) is 19.3 Å². The Morgan fingerprint density at radius 2 is 2.20 bits per heavy atom. The van der Waals surface area contributed by atoms with Crippen molar-refractivity contribution in [3.8, 4) is 0 Å². The van der Waals surface area contributed by atoms with Gasteiger partial charge < -0.3 is 19.8 Å². The largest absolute Gasteiger partial charge is 0.406 e. The van der Waals surface area contributed by atoms with Crippen LogP contribution in [-0.4, -0.2) is 30.5 Å². The van der Waals surface area contributed by atoms with Gasteiger partial charge in [0.25, 0.3) is 0 Å². The summed E-state index contributed by atoms with van der Waals surface area (Å²) in [4.78, 5) is 0. The standard InChI is InChI=1S/C13H17FN4O2/c1-9-3-4-10(7-11(9)14)16-13-18-17-12(20-13)8-15-5-6-19-2/h3-4,7,15H,5-6,8H2,1-2H3,(H,16,18). The molecule has 6 nitrogen and oxygen atoms in total. The topological polar surface area (TPSA) is 72.2 Å². The summed E-state index contributed by atoms with van der Waals surface area (Å²) in [5.41, 5.74) is 1.15. The van der Waals surface area contributed by atoms with Gasteiger partial charge in [-0.3, -0.25) is 0 Å². The van der Waals surface area contributed by atoms with E-state index in [1.165, 1.54) is 6.07 Å². The molecule has 0 aliphatic rings. The highest BCUT2D eigenvalue weighted by Crippen LogP contribution is 2.18. The maximum absolute atomic E-state index is 13.4. The van der Waals surface area contributed by atoms with Crippen LogP contribution in [0, 0.1) is 12.7 Å². The average Bonchev–Trinajstić information content (AvgIpc) is 2.87. The molecule has 2 aromatic rings. The SMILES string of the molecule is COCCNCc1nnc(Nc2ccc(C)c(F)c2)o1. The van der Waals surface area contributed by atoms with Crippen molar-refractivity contribution in [2.24, 2.45) is 0 Å². The molecule has 0 atom stereocenters. The second-order valence-electron chi connectivity index (χ2n) is 4.26. The Morgan fingerprint density at radius 3 is 2.95 bits per heavy atom. The molecule has 0 saturated heterocycles. The molecule has 0 amide bonds. The fourth-order valence-electron chi connectivity index (χ4n) is 1.54. The molecule has 0 aliphatic carbocycles. The number of halogens is 1. The van der Waals surface area contributed by atoms with Crippen molar-refractivity contribution in [2.75, 3.05) is 25.6 Å². The lowest BCUT2D eigenvalue weighted by atomic mass is 10.2. The fourth-order valence-corrected chi connectivity index (χ4v) is 1.54. The molecule has 0 saturated carbocycles. The molecular weight excluding hydrogens is 263 g/mol. The van der Waals surface area contributed by atoms with E-state index in [0.717, 1.165) is 0 Å². The highest BCUT2D eigenvalue weighted by atomic mass is 19.1. The third-order valence-corrected chi connectivity index (χ3v) is 2.65. The summed E-state index contributed by atoms with van der Waals surface area (Å²) in [6, 6.07) is 5.05. The van der Waals surface area contributed by atoms with E-state index in [2.05, 4.69) is 20.8 Å². The van der Waals surface area contributed by atoms with Crippen molar-refractivity contribution in [3.05, 3.63) is 35.5 Å². The lowest BCUT2D eigenvalue weighted by molar-refractivity contribution is 0.198. The van der Waals surface area contributed by atoms with E-state index in [1.54, 1.807) is 26.2 Å². The van der Waals surface area contributed by atoms with Gasteiger partial charge >= 0.3 is 6.01 Å². The number of nitrogens with one attached hydrogen (secondary N) is 2. The molecule has 2 rings (SSSR count). The Labute approximate surface area is 116 Å². The number of aryl methyl sites for hydroxylation is 1. The minimum Gasteiger partial charge on any atom is -0.406 e. The van der Waals surface area contributed by atoms with Gasteiger partial charge in [0.15, 0.2) is 0 Å². The van der Waals surface area contributed by atoms with Gasteiger partial charge in [-0.15, -0.1) is 5.10 Å². The van der Waals surface area contributed by atoms with Crippen LogP contribution >= 0.6 is 0 Å². The van der Waals surface area contributed by atoms with E-state index in [0.29, 0.717) is 36.8 Å². The molecule has 7 heteroatoms. The second kappa shape index (κ2) is 6.97. The maximum Gasteiger partial charge on any atom is 0.320 e. The lowest BCUT2D eigenvalue weighted by Crippen LogP contribution is -2.18. The number of aromatic nitrogens is 2. The van der Waals surface area contributed by atoms with Crippen LogP contribution in [0.1, 0.15) is 11.5 Å². The number of nitrogens with zero attached hydrogens (tertiary/aromatic N) is 2. The van der Waals surface area contributed by atoms with Gasteiger partial charge in [0.05, 0.1) is 13.2 Å². The number of benzene rings is 1. The second-order valence-corrected chi connectivity index (χ2v) is 4.26. The zero-order valence-electron chi connectivity index (χ0n) is 11.4. The predicted molar refractivity (Wildman–Crippen MR) is 72.3 cm³/mol. The molecule has 0 spiro atoms. The van der Waals surface area contributed by atoms with Crippen molar-refractivity contribution < 1.29 is 13.5 Å². The van der Waals surface area contributed by atoms with Crippen LogP contribution in [0.25, 0.3) is 0 Å². The first-order valence-corrected chi connectivity index (χ1v) is 6.24. The maximum atomic E-state index is 13.4. The van der Waals surface area contributed by atoms with E-state index in [9.17, 15) is 4.39 Å². The molecule has 1 aromatic heterocycles. The van der Waals surface area contributed by atoms with Gasteiger partial charge in [0.1, 0.15) is 5.82 Å². The summed E-state index contributed by atoms with van der Waals surface area (Å²) in [6.45, 7) is 3.47. The van der Waals surface area contributed by atoms with Crippen molar-refractivity contribution in [1.29, 1.82) is 0 Å². The minimum absolute atomic E-state index is 0.233. The number of ether oxygens (including phenoxy) is 1. The Kier molecular flexibility index (Phi) is 5.03. The van der Waals surface area contributed by atoms with Gasteiger partial charge in [0.2, 0.25) is 5.89 Å². The molecule has 20 heavy (non-hydrogen) atoms. The smallest absolute Gasteiger partial charge is 0.320 e. The summed E-state index contributed by atoms with van der Waals surface area (Å²) >= 11 is 0. The van der Waals surface area contributed by atoms with Crippen LogP contribution in [0.3, 0.4) is 0 Å². The molecule has 0 radical (unpaired) electrons. The van der Waals surface area contributed by atoms with E-state index >= 15 is 0 Å². The van der Waals surface area contributed by atoms with E-state index in [-0.39, 0.29) is 11.8 Å². The molecule has 0 fully saturated rings. The average molecular weight is 280 g/mol. The van der Waals surface area contributed by atoms with Crippen LogP contribution in [0.5, 0.6) is 0 Å². The zero-order valence-corrected chi connectivity index (χ0v) is 11.4. The third-order valence-electron chi connectivity index (χ3n) is 2.65. The molecule has 108 valence electrons. The molecule has 0 aliphatic heterocycles. The van der Waals surface area contributed by atoms with Crippen LogP contribution in [0.2, 0.25) is 0 Å². The fraction of sp³-hybridized carbons (Fsp3) is 0.385. The first-order chi connectivity index (χ1) is 9.69. The van der Waals surface area contributed by atoms with Crippen LogP contribution in [0.4, 0.5) is 16.1 Å². The van der Waals surface area contributed by atoms with E-state index in [1.807, 2.05) is 0 Å². The Morgan fingerprint density at radius 1 is 1.35 bits per heavy atom. The van der Waals surface area contributed by atoms with E-state index < -0.39 is 0 Å². The number of methoxy groups -OCH3 is 1. The highest BCUT2D eigenvalue weighted by Gasteiger charge is 2.07. The Balaban J connectivity index is 1.90. The highest BCUT2D eigenvalue weighted by molar-refractivity contribution is 5.52. The van der Waals surface area contributed by atoms with Gasteiger partial charge in [-0.05, 0) is 24.6 Å². The first-order valence-electron chi connectivity index (χ1n) is 6.24. The predicted octanol–water partition coefficient (Wildman–Crippen LogP) is 2.00. The quantitative estimate of drug-likeness (QED) is 0.756. The molecule has 1 heterocycles. The van der Waals surface area contributed by atoms with Gasteiger partial charge in [-0.25, -0.2) is 4.39 Å². The van der Waals surface area contributed by atoms with Gasteiger partial charge in [-0.1, -0.05) is 11.2 Å². The van der Waals surface area contributed by atoms with Crippen molar-refractivity contribution >= 4 is 11.7 Å². The minimum atomic E-state index is -0.282. The van der Waals surface area contributed by atoms with Crippen LogP contribution in [0.15, 0.2) is 22.6 Å². The summed E-state index contributed by atoms with van der Waals surface area (Å²) in [5, 5.41) is 13.7. The molecule has 0 bridgehead atoms. The summed E-state index contributed by atoms with van der Waals surface area (Å²) in [6.07, 6.45) is 0. The lowest BCUT2D eigenvalue weighted by Gasteiger charge is -2.02. The van der Waals surface area contributed by atoms with Crippen molar-refractivity contribution in [1.82, 2.24) is 15.5 Å². The van der Waals surface area contributed by atoms with E-state index in [4.69, 9.17) is 9.15 Å². The molecule has 0 unspecified atom stereocenters. The van der Waals surface area contributed by atoms with Crippen molar-refractivity contribution in [3.63, 3.8) is 0 Å². The van der Waals surface area contributed by atoms with Crippen LogP contribution < -0.4 is 10.6 Å². The summed E-state index contributed by atoms with van der Waals surface area (Å²) < 4.78 is 23.7. The van der Waals surface area contributed by atoms with Crippen molar-refractivity contribution in [2.45, 2.75) is 13.5 Å². The monoisotopic (exact) mass is 280 g/mol. The number of anilines is 2. The normalized spacial score (nSPS) is 10.8. The van der Waals surface area contributed by atoms with Gasteiger partial charge in [-0.2, -0.15) is 0 Å². The zero-order chi connectivity index (χ0) is 14.4. The summed E-state index contributed by atoms with van der Waals surface area (Å²) in [7, 11) is 1.64. The Bertz CT molecular complexity index is 559. The number of rotatable bonds is 7. The molecular formula is C13H17FN4O2. The third kappa shape index (κ3) is 4.01.